The van der Waals surface area contributed by atoms with E-state index in [2.05, 4.69) is 31.3 Å². The van der Waals surface area contributed by atoms with Crippen LogP contribution < -0.4 is 10.1 Å². The molecule has 0 aromatic heterocycles. The molecular formula is C23H32N2O4S. The Kier molecular flexibility index (Phi) is 8.03. The van der Waals surface area contributed by atoms with Crippen molar-refractivity contribution in [2.24, 2.45) is 0 Å². The molecule has 0 radical (unpaired) electrons. The lowest BCUT2D eigenvalue weighted by Crippen LogP contribution is -2.31. The molecule has 1 N–H and O–H groups in total. The Balaban J connectivity index is 1.97. The molecule has 2 aromatic carbocycles. The number of hydrogen-bond acceptors (Lipinski definition) is 4. The smallest absolute Gasteiger partial charge is 0.258 e. The number of aryl methyl sites for hydroxylation is 3. The molecule has 0 saturated carbocycles. The molecule has 1 atom stereocenters. The Hall–Kier alpha value is -2.38. The van der Waals surface area contributed by atoms with Crippen LogP contribution in [0.15, 0.2) is 41.3 Å². The number of nitrogens with one attached hydrogen (secondary N) is 1. The van der Waals surface area contributed by atoms with Crippen LogP contribution in [0.1, 0.15) is 49.1 Å². The summed E-state index contributed by atoms with van der Waals surface area (Å²) in [5.41, 5.74) is 4.63. The summed E-state index contributed by atoms with van der Waals surface area (Å²) in [7, 11) is -3.51. The minimum absolute atomic E-state index is 0.137. The monoisotopic (exact) mass is 432 g/mol. The summed E-state index contributed by atoms with van der Waals surface area (Å²) in [6, 6.07) is 10.2. The van der Waals surface area contributed by atoms with Crippen LogP contribution in [-0.2, 0) is 14.8 Å². The maximum absolute atomic E-state index is 12.5. The van der Waals surface area contributed by atoms with E-state index in [0.29, 0.717) is 18.8 Å². The topological polar surface area (TPSA) is 75.7 Å². The number of amides is 1. The normalized spacial score (nSPS) is 12.6. The molecule has 2 aromatic rings. The van der Waals surface area contributed by atoms with Crippen molar-refractivity contribution in [3.8, 4) is 5.75 Å². The molecule has 6 nitrogen and oxygen atoms in total. The maximum Gasteiger partial charge on any atom is 0.258 e. The number of ether oxygens (including phenoxy) is 1. The Labute approximate surface area is 180 Å². The lowest BCUT2D eigenvalue weighted by atomic mass is 9.96. The van der Waals surface area contributed by atoms with Crippen LogP contribution in [-0.4, -0.2) is 38.3 Å². The molecule has 0 spiro atoms. The first-order chi connectivity index (χ1) is 14.1. The van der Waals surface area contributed by atoms with Gasteiger partial charge in [0.05, 0.1) is 10.9 Å². The summed E-state index contributed by atoms with van der Waals surface area (Å²) in [4.78, 5) is 12.5. The average Bonchev–Trinajstić information content (AvgIpc) is 2.70. The fourth-order valence-corrected chi connectivity index (χ4v) is 4.84. The third kappa shape index (κ3) is 5.61. The maximum atomic E-state index is 12.5. The van der Waals surface area contributed by atoms with Crippen LogP contribution in [0.5, 0.6) is 5.75 Å². The molecule has 0 fully saturated rings. The summed E-state index contributed by atoms with van der Waals surface area (Å²) in [6.45, 7) is 12.4. The van der Waals surface area contributed by atoms with E-state index in [1.54, 1.807) is 26.0 Å². The fraction of sp³-hybridized carbons (Fsp3) is 0.435. The van der Waals surface area contributed by atoms with Gasteiger partial charge in [0.15, 0.2) is 6.61 Å². The van der Waals surface area contributed by atoms with Crippen LogP contribution in [0.2, 0.25) is 0 Å². The van der Waals surface area contributed by atoms with Crippen LogP contribution in [0, 0.1) is 20.8 Å². The molecule has 7 heteroatoms. The number of carbonyl (C=O) groups excluding carboxylic acids is 1. The van der Waals surface area contributed by atoms with Gasteiger partial charge in [-0.05, 0) is 74.2 Å². The number of hydrogen-bond donors (Lipinski definition) is 1. The van der Waals surface area contributed by atoms with Crippen molar-refractivity contribution in [2.75, 3.05) is 19.7 Å². The van der Waals surface area contributed by atoms with Gasteiger partial charge in [0.25, 0.3) is 5.91 Å². The predicted molar refractivity (Wildman–Crippen MR) is 119 cm³/mol. The van der Waals surface area contributed by atoms with E-state index in [4.69, 9.17) is 4.74 Å². The van der Waals surface area contributed by atoms with Crippen LogP contribution in [0.3, 0.4) is 0 Å². The third-order valence-electron chi connectivity index (χ3n) is 5.26. The largest absolute Gasteiger partial charge is 0.484 e. The van der Waals surface area contributed by atoms with E-state index in [0.717, 1.165) is 11.1 Å². The Bertz CT molecular complexity index is 981. The second-order valence-electron chi connectivity index (χ2n) is 7.43. The van der Waals surface area contributed by atoms with E-state index in [1.165, 1.54) is 27.6 Å². The van der Waals surface area contributed by atoms with Gasteiger partial charge in [-0.2, -0.15) is 4.31 Å². The zero-order chi connectivity index (χ0) is 22.5. The lowest BCUT2D eigenvalue weighted by molar-refractivity contribution is -0.123. The van der Waals surface area contributed by atoms with E-state index in [1.807, 2.05) is 13.8 Å². The van der Waals surface area contributed by atoms with Gasteiger partial charge < -0.3 is 10.1 Å². The van der Waals surface area contributed by atoms with E-state index >= 15 is 0 Å². The zero-order valence-corrected chi connectivity index (χ0v) is 19.5. The van der Waals surface area contributed by atoms with E-state index in [-0.39, 0.29) is 23.5 Å². The quantitative estimate of drug-likeness (QED) is 0.652. The van der Waals surface area contributed by atoms with Gasteiger partial charge in [-0.25, -0.2) is 8.42 Å². The van der Waals surface area contributed by atoms with Gasteiger partial charge in [0.2, 0.25) is 10.0 Å². The first-order valence-electron chi connectivity index (χ1n) is 10.2. The average molecular weight is 433 g/mol. The highest BCUT2D eigenvalue weighted by Crippen LogP contribution is 2.22. The summed E-state index contributed by atoms with van der Waals surface area (Å²) >= 11 is 0. The van der Waals surface area contributed by atoms with Gasteiger partial charge >= 0.3 is 0 Å². The molecule has 164 valence electrons. The molecule has 0 aliphatic heterocycles. The third-order valence-corrected chi connectivity index (χ3v) is 7.33. The number of nitrogens with zero attached hydrogens (tertiary/aromatic N) is 1. The van der Waals surface area contributed by atoms with E-state index in [9.17, 15) is 13.2 Å². The van der Waals surface area contributed by atoms with Crippen molar-refractivity contribution < 1.29 is 17.9 Å². The first-order valence-corrected chi connectivity index (χ1v) is 11.6. The van der Waals surface area contributed by atoms with Gasteiger partial charge in [0.1, 0.15) is 5.75 Å². The number of carbonyl (C=O) groups is 1. The highest BCUT2D eigenvalue weighted by atomic mass is 32.2. The second kappa shape index (κ2) is 10.1. The first kappa shape index (κ1) is 23.9. The van der Waals surface area contributed by atoms with Crippen molar-refractivity contribution in [1.29, 1.82) is 0 Å². The molecule has 0 bridgehead atoms. The molecule has 1 amide bonds. The van der Waals surface area contributed by atoms with Gasteiger partial charge in [-0.15, -0.1) is 0 Å². The van der Waals surface area contributed by atoms with Crippen LogP contribution in [0.4, 0.5) is 0 Å². The molecule has 0 saturated heterocycles. The Morgan fingerprint density at radius 1 is 1.00 bits per heavy atom. The van der Waals surface area contributed by atoms with E-state index < -0.39 is 10.0 Å². The highest BCUT2D eigenvalue weighted by molar-refractivity contribution is 7.89. The molecule has 0 unspecified atom stereocenters. The molecule has 0 aliphatic rings. The molecule has 0 heterocycles. The van der Waals surface area contributed by atoms with Crippen LogP contribution >= 0.6 is 0 Å². The minimum Gasteiger partial charge on any atom is -0.484 e. The van der Waals surface area contributed by atoms with Gasteiger partial charge in [-0.1, -0.05) is 26.0 Å². The minimum atomic E-state index is -3.51. The van der Waals surface area contributed by atoms with Crippen molar-refractivity contribution in [2.45, 2.75) is 52.5 Å². The number of benzene rings is 2. The summed E-state index contributed by atoms with van der Waals surface area (Å²) in [5, 5.41) is 2.95. The van der Waals surface area contributed by atoms with Crippen molar-refractivity contribution in [1.82, 2.24) is 9.62 Å². The zero-order valence-electron chi connectivity index (χ0n) is 18.7. The molecule has 30 heavy (non-hydrogen) atoms. The van der Waals surface area contributed by atoms with Gasteiger partial charge in [-0.3, -0.25) is 4.79 Å². The predicted octanol–water partition coefficient (Wildman–Crippen LogP) is 3.90. The summed E-state index contributed by atoms with van der Waals surface area (Å²) < 4.78 is 32.0. The second-order valence-corrected chi connectivity index (χ2v) is 9.37. The van der Waals surface area contributed by atoms with Crippen molar-refractivity contribution in [3.05, 3.63) is 58.7 Å². The molecule has 2 rings (SSSR count). The highest BCUT2D eigenvalue weighted by Gasteiger charge is 2.21. The SMILES string of the molecule is CCN(CC)S(=O)(=O)c1ccc(OCC(=O)N[C@@H](C)c2cc(C)c(C)cc2C)cc1. The van der Waals surface area contributed by atoms with Gasteiger partial charge in [0, 0.05) is 13.1 Å². The standard InChI is InChI=1S/C23H32N2O4S/c1-7-25(8-2)30(27,28)21-11-9-20(10-12-21)29-15-23(26)24-19(6)22-14-17(4)16(3)13-18(22)5/h9-14,19H,7-8,15H2,1-6H3,(H,24,26)/t19-/m0/s1. The molecule has 0 aliphatic carbocycles. The number of rotatable bonds is 9. The Morgan fingerprint density at radius 3 is 2.13 bits per heavy atom. The molecular weight excluding hydrogens is 400 g/mol. The van der Waals surface area contributed by atoms with Crippen LogP contribution in [0.25, 0.3) is 0 Å². The lowest BCUT2D eigenvalue weighted by Gasteiger charge is -2.19. The summed E-state index contributed by atoms with van der Waals surface area (Å²) in [6.07, 6.45) is 0. The van der Waals surface area contributed by atoms with Crippen molar-refractivity contribution >= 4 is 15.9 Å². The number of sulfonamides is 1. The fourth-order valence-electron chi connectivity index (χ4n) is 3.38. The summed E-state index contributed by atoms with van der Waals surface area (Å²) in [5.74, 6) is 0.207. The Morgan fingerprint density at radius 2 is 1.57 bits per heavy atom. The van der Waals surface area contributed by atoms with Crippen molar-refractivity contribution in [3.63, 3.8) is 0 Å².